The van der Waals surface area contributed by atoms with E-state index in [4.69, 9.17) is 0 Å². The molecule has 0 bridgehead atoms. The lowest BCUT2D eigenvalue weighted by Crippen LogP contribution is -2.41. The molecule has 0 spiro atoms. The number of pyridine rings is 1. The van der Waals surface area contributed by atoms with Crippen LogP contribution in [0.3, 0.4) is 0 Å². The van der Waals surface area contributed by atoms with Gasteiger partial charge in [-0.25, -0.2) is 9.67 Å². The number of nitrogens with zero attached hydrogens (tertiary/aromatic N) is 4. The number of para-hydroxylation sites is 1. The number of aryl methyl sites for hydroxylation is 1. The van der Waals surface area contributed by atoms with Crippen LogP contribution in [0.2, 0.25) is 0 Å². The third-order valence-electron chi connectivity index (χ3n) is 4.71. The molecule has 1 aliphatic rings. The summed E-state index contributed by atoms with van der Waals surface area (Å²) in [5, 5.41) is 8.28. The molecule has 3 aromatic rings. The van der Waals surface area contributed by atoms with Crippen molar-refractivity contribution in [3.8, 4) is 0 Å². The third-order valence-corrected chi connectivity index (χ3v) is 4.71. The molecule has 1 unspecified atom stereocenters. The first-order chi connectivity index (χ1) is 12.1. The summed E-state index contributed by atoms with van der Waals surface area (Å²) in [5.41, 5.74) is 2.49. The molecule has 6 nitrogen and oxygen atoms in total. The zero-order valence-corrected chi connectivity index (χ0v) is 14.4. The van der Waals surface area contributed by atoms with Crippen molar-refractivity contribution in [3.05, 3.63) is 53.7 Å². The summed E-state index contributed by atoms with van der Waals surface area (Å²) in [6.45, 7) is 4.85. The van der Waals surface area contributed by atoms with Gasteiger partial charge in [-0.05, 0) is 24.5 Å². The molecule has 25 heavy (non-hydrogen) atoms. The highest BCUT2D eigenvalue weighted by atomic mass is 16.1. The van der Waals surface area contributed by atoms with Crippen molar-refractivity contribution >= 4 is 16.8 Å². The fraction of sp³-hybridized carbons (Fsp3) is 0.368. The van der Waals surface area contributed by atoms with E-state index in [1.165, 1.54) is 0 Å². The predicted molar refractivity (Wildman–Crippen MR) is 95.4 cm³/mol. The van der Waals surface area contributed by atoms with Gasteiger partial charge in [0.1, 0.15) is 12.2 Å². The van der Waals surface area contributed by atoms with E-state index in [-0.39, 0.29) is 17.9 Å². The van der Waals surface area contributed by atoms with E-state index in [0.717, 1.165) is 35.3 Å². The van der Waals surface area contributed by atoms with Gasteiger partial charge < -0.3 is 5.32 Å². The Bertz CT molecular complexity index is 930. The molecule has 0 radical (unpaired) electrons. The fourth-order valence-corrected chi connectivity index (χ4v) is 3.30. The van der Waals surface area contributed by atoms with Crippen LogP contribution in [0.25, 0.3) is 10.9 Å². The SMILES string of the molecule is CC(C)c1cc(C(=O)NC2CCc3ncnn3C2)c2ccccc2n1. The summed E-state index contributed by atoms with van der Waals surface area (Å²) in [4.78, 5) is 21.9. The van der Waals surface area contributed by atoms with Gasteiger partial charge in [0.15, 0.2) is 0 Å². The molecule has 0 saturated carbocycles. The first kappa shape index (κ1) is 15.7. The van der Waals surface area contributed by atoms with Crippen LogP contribution in [0.4, 0.5) is 0 Å². The van der Waals surface area contributed by atoms with Crippen LogP contribution in [0.1, 0.15) is 48.1 Å². The molecule has 2 aromatic heterocycles. The molecule has 1 N–H and O–H groups in total. The highest BCUT2D eigenvalue weighted by molar-refractivity contribution is 6.06. The molecule has 1 aromatic carbocycles. The number of carbonyl (C=O) groups is 1. The molecule has 0 fully saturated rings. The van der Waals surface area contributed by atoms with Crippen molar-refractivity contribution in [3.63, 3.8) is 0 Å². The van der Waals surface area contributed by atoms with Gasteiger partial charge in [-0.15, -0.1) is 0 Å². The van der Waals surface area contributed by atoms with Crippen molar-refractivity contribution < 1.29 is 4.79 Å². The van der Waals surface area contributed by atoms with Crippen molar-refractivity contribution in [2.75, 3.05) is 0 Å². The van der Waals surface area contributed by atoms with E-state index in [1.807, 2.05) is 35.0 Å². The largest absolute Gasteiger partial charge is 0.347 e. The third kappa shape index (κ3) is 2.99. The van der Waals surface area contributed by atoms with Crippen LogP contribution in [0.15, 0.2) is 36.7 Å². The standard InChI is InChI=1S/C19H21N5O/c1-12(2)17-9-15(14-5-3-4-6-16(14)23-17)19(25)22-13-7-8-18-20-11-21-24(18)10-13/h3-6,9,11-13H,7-8,10H2,1-2H3,(H,22,25). The minimum absolute atomic E-state index is 0.0472. The molecule has 0 aliphatic carbocycles. The Morgan fingerprint density at radius 2 is 2.16 bits per heavy atom. The molecule has 6 heteroatoms. The maximum atomic E-state index is 13.0. The minimum atomic E-state index is -0.0472. The Balaban J connectivity index is 1.64. The lowest BCUT2D eigenvalue weighted by molar-refractivity contribution is 0.0927. The van der Waals surface area contributed by atoms with Gasteiger partial charge in [0.05, 0.1) is 17.6 Å². The molecule has 4 rings (SSSR count). The smallest absolute Gasteiger partial charge is 0.252 e. The molecule has 3 heterocycles. The number of benzene rings is 1. The second-order valence-electron chi connectivity index (χ2n) is 6.83. The van der Waals surface area contributed by atoms with Gasteiger partial charge >= 0.3 is 0 Å². The van der Waals surface area contributed by atoms with Gasteiger partial charge in [-0.3, -0.25) is 9.78 Å². The molecule has 128 valence electrons. The average molecular weight is 335 g/mol. The normalized spacial score (nSPS) is 16.8. The summed E-state index contributed by atoms with van der Waals surface area (Å²) < 4.78 is 1.87. The summed E-state index contributed by atoms with van der Waals surface area (Å²) in [6.07, 6.45) is 3.29. The topological polar surface area (TPSA) is 72.7 Å². The van der Waals surface area contributed by atoms with Crippen molar-refractivity contribution in [2.24, 2.45) is 0 Å². The predicted octanol–water partition coefficient (Wildman–Crippen LogP) is 2.69. The van der Waals surface area contributed by atoms with E-state index in [2.05, 4.69) is 34.2 Å². The van der Waals surface area contributed by atoms with Gasteiger partial charge in [0.25, 0.3) is 5.91 Å². The van der Waals surface area contributed by atoms with Crippen molar-refractivity contribution in [2.45, 2.75) is 45.2 Å². The van der Waals surface area contributed by atoms with Crippen LogP contribution in [-0.4, -0.2) is 31.7 Å². The van der Waals surface area contributed by atoms with Crippen LogP contribution >= 0.6 is 0 Å². The summed E-state index contributed by atoms with van der Waals surface area (Å²) in [7, 11) is 0. The van der Waals surface area contributed by atoms with Crippen LogP contribution in [0.5, 0.6) is 0 Å². The lowest BCUT2D eigenvalue weighted by atomic mass is 10.0. The van der Waals surface area contributed by atoms with Crippen molar-refractivity contribution in [1.29, 1.82) is 0 Å². The van der Waals surface area contributed by atoms with Crippen LogP contribution in [-0.2, 0) is 13.0 Å². The summed E-state index contributed by atoms with van der Waals surface area (Å²) in [6, 6.07) is 9.80. The Morgan fingerprint density at radius 3 is 3.00 bits per heavy atom. The number of nitrogens with one attached hydrogen (secondary N) is 1. The molecular weight excluding hydrogens is 314 g/mol. The zero-order valence-electron chi connectivity index (χ0n) is 14.4. The quantitative estimate of drug-likeness (QED) is 0.799. The first-order valence-corrected chi connectivity index (χ1v) is 8.69. The Hall–Kier alpha value is -2.76. The van der Waals surface area contributed by atoms with Crippen LogP contribution in [0, 0.1) is 0 Å². The number of aromatic nitrogens is 4. The van der Waals surface area contributed by atoms with Crippen molar-refractivity contribution in [1.82, 2.24) is 25.1 Å². The summed E-state index contributed by atoms with van der Waals surface area (Å²) >= 11 is 0. The second-order valence-corrected chi connectivity index (χ2v) is 6.83. The van der Waals surface area contributed by atoms with E-state index >= 15 is 0 Å². The number of hydrogen-bond donors (Lipinski definition) is 1. The molecule has 1 amide bonds. The van der Waals surface area contributed by atoms with Gasteiger partial charge in [-0.1, -0.05) is 32.0 Å². The van der Waals surface area contributed by atoms with E-state index in [9.17, 15) is 4.79 Å². The highest BCUT2D eigenvalue weighted by Crippen LogP contribution is 2.23. The molecule has 1 atom stereocenters. The molecular formula is C19H21N5O. The maximum Gasteiger partial charge on any atom is 0.252 e. The number of carbonyl (C=O) groups excluding carboxylic acids is 1. The minimum Gasteiger partial charge on any atom is -0.347 e. The first-order valence-electron chi connectivity index (χ1n) is 8.69. The van der Waals surface area contributed by atoms with Crippen LogP contribution < -0.4 is 5.32 Å². The maximum absolute atomic E-state index is 13.0. The number of fused-ring (bicyclic) bond motifs is 2. The highest BCUT2D eigenvalue weighted by Gasteiger charge is 2.23. The fourth-order valence-electron chi connectivity index (χ4n) is 3.30. The summed E-state index contributed by atoms with van der Waals surface area (Å²) in [5.74, 6) is 1.21. The second kappa shape index (κ2) is 6.27. The number of hydrogen-bond acceptors (Lipinski definition) is 4. The van der Waals surface area contributed by atoms with Gasteiger partial charge in [0, 0.05) is 23.5 Å². The number of rotatable bonds is 3. The molecule has 1 aliphatic heterocycles. The molecule has 0 saturated heterocycles. The van der Waals surface area contributed by atoms with Gasteiger partial charge in [-0.2, -0.15) is 5.10 Å². The Kier molecular flexibility index (Phi) is 3.95. The number of amides is 1. The van der Waals surface area contributed by atoms with E-state index in [1.54, 1.807) is 6.33 Å². The van der Waals surface area contributed by atoms with Gasteiger partial charge in [0.2, 0.25) is 0 Å². The lowest BCUT2D eigenvalue weighted by Gasteiger charge is -2.24. The Labute approximate surface area is 146 Å². The Morgan fingerprint density at radius 1 is 1.32 bits per heavy atom. The monoisotopic (exact) mass is 335 g/mol. The zero-order chi connectivity index (χ0) is 17.4. The average Bonchev–Trinajstić information content (AvgIpc) is 3.08. The van der Waals surface area contributed by atoms with E-state index in [0.29, 0.717) is 12.1 Å². The van der Waals surface area contributed by atoms with E-state index < -0.39 is 0 Å².